The fourth-order valence-corrected chi connectivity index (χ4v) is 6.70. The molecule has 1 aliphatic heterocycles. The number of nitrogens with zero attached hydrogens (tertiary/aromatic N) is 7. The highest BCUT2D eigenvalue weighted by molar-refractivity contribution is 7.90. The first-order valence-corrected chi connectivity index (χ1v) is 16.2. The van der Waals surface area contributed by atoms with E-state index in [2.05, 4.69) is 64.2 Å². The number of hydrogen-bond donors (Lipinski definition) is 1. The molecule has 2 atom stereocenters. The van der Waals surface area contributed by atoms with E-state index in [4.69, 9.17) is 21.6 Å². The van der Waals surface area contributed by atoms with E-state index in [1.54, 1.807) is 16.9 Å². The second-order valence-electron chi connectivity index (χ2n) is 11.5. The molecule has 0 spiro atoms. The molecule has 1 N–H and O–H groups in total. The standard InChI is InChI=1S/C29H37ClN8O2S/c1-18(2)21-7-8-25(38-15-20(19(38)3)17-41(6,39)40)23-14-32-27(13-22(21)23)33-26-9-10-31-29(34-26)24-16-37(35-28(24)30)12-11-36(4)5/h7-10,13-14,16,18-20H,11-12,15,17H2,1-6H3,(H,31,32,33,34)/t19-,20-/m1/s1. The van der Waals surface area contributed by atoms with Crippen LogP contribution >= 0.6 is 11.6 Å². The van der Waals surface area contributed by atoms with E-state index in [0.717, 1.165) is 23.0 Å². The summed E-state index contributed by atoms with van der Waals surface area (Å²) in [6, 6.07) is 8.29. The quantitative estimate of drug-likeness (QED) is 0.275. The van der Waals surface area contributed by atoms with Crippen LogP contribution in [0.25, 0.3) is 22.2 Å². The van der Waals surface area contributed by atoms with Crippen molar-refractivity contribution in [1.82, 2.24) is 29.6 Å². The van der Waals surface area contributed by atoms with Crippen molar-refractivity contribution >= 4 is 49.5 Å². The summed E-state index contributed by atoms with van der Waals surface area (Å²) >= 11 is 6.44. The summed E-state index contributed by atoms with van der Waals surface area (Å²) in [4.78, 5) is 18.2. The van der Waals surface area contributed by atoms with Crippen LogP contribution in [0.1, 0.15) is 32.3 Å². The molecule has 12 heteroatoms. The van der Waals surface area contributed by atoms with Crippen molar-refractivity contribution in [3.8, 4) is 11.4 Å². The van der Waals surface area contributed by atoms with Gasteiger partial charge in [0.25, 0.3) is 0 Å². The van der Waals surface area contributed by atoms with Gasteiger partial charge < -0.3 is 15.1 Å². The van der Waals surface area contributed by atoms with E-state index in [-0.39, 0.29) is 17.7 Å². The SMILES string of the molecule is CC(C)c1ccc(N2C[C@H](CS(C)(=O)=O)[C@H]2C)c2cnc(Nc3ccnc(-c4cn(CCN(C)C)nc4Cl)n3)cc12. The summed E-state index contributed by atoms with van der Waals surface area (Å²) in [6.07, 6.45) is 6.76. The number of fused-ring (bicyclic) bond motifs is 1. The summed E-state index contributed by atoms with van der Waals surface area (Å²) in [5.41, 5.74) is 2.96. The molecular weight excluding hydrogens is 560 g/mol. The van der Waals surface area contributed by atoms with E-state index in [0.29, 0.717) is 47.2 Å². The number of pyridine rings is 1. The number of rotatable bonds is 10. The molecule has 0 unspecified atom stereocenters. The van der Waals surface area contributed by atoms with Crippen LogP contribution in [0.15, 0.2) is 42.9 Å². The number of sulfone groups is 1. The lowest BCUT2D eigenvalue weighted by molar-refractivity contribution is 0.342. The number of aromatic nitrogens is 5. The first-order valence-electron chi connectivity index (χ1n) is 13.7. The minimum absolute atomic E-state index is 0.124. The molecule has 4 heterocycles. The lowest BCUT2D eigenvalue weighted by Crippen LogP contribution is -2.57. The van der Waals surface area contributed by atoms with Gasteiger partial charge >= 0.3 is 0 Å². The molecule has 0 amide bonds. The zero-order valence-electron chi connectivity index (χ0n) is 24.3. The topological polar surface area (TPSA) is 109 Å². The smallest absolute Gasteiger partial charge is 0.166 e. The first kappa shape index (κ1) is 29.2. The Hall–Kier alpha value is -3.28. The maximum atomic E-state index is 11.9. The Kier molecular flexibility index (Phi) is 8.22. The van der Waals surface area contributed by atoms with Crippen LogP contribution in [0.3, 0.4) is 0 Å². The largest absolute Gasteiger partial charge is 0.368 e. The van der Waals surface area contributed by atoms with Crippen LogP contribution in [-0.4, -0.2) is 83.3 Å². The van der Waals surface area contributed by atoms with Crippen molar-refractivity contribution in [2.45, 2.75) is 39.3 Å². The third kappa shape index (κ3) is 6.47. The summed E-state index contributed by atoms with van der Waals surface area (Å²) in [7, 11) is 1.01. The Balaban J connectivity index is 1.42. The number of hydrogen-bond acceptors (Lipinski definition) is 9. The maximum Gasteiger partial charge on any atom is 0.166 e. The molecule has 41 heavy (non-hydrogen) atoms. The minimum Gasteiger partial charge on any atom is -0.368 e. The fraction of sp³-hybridized carbons (Fsp3) is 0.448. The average molecular weight is 597 g/mol. The molecular formula is C29H37ClN8O2S. The van der Waals surface area contributed by atoms with Crippen LogP contribution < -0.4 is 10.2 Å². The van der Waals surface area contributed by atoms with Crippen molar-refractivity contribution < 1.29 is 8.42 Å². The Morgan fingerprint density at radius 1 is 1.15 bits per heavy atom. The summed E-state index contributed by atoms with van der Waals surface area (Å²) in [5.74, 6) is 2.39. The lowest BCUT2D eigenvalue weighted by Gasteiger charge is -2.48. The van der Waals surface area contributed by atoms with Crippen LogP contribution in [0, 0.1) is 5.92 Å². The van der Waals surface area contributed by atoms with E-state index in [1.807, 2.05) is 26.5 Å². The van der Waals surface area contributed by atoms with Crippen LogP contribution in [0.2, 0.25) is 5.15 Å². The summed E-state index contributed by atoms with van der Waals surface area (Å²) in [5, 5.41) is 10.3. The zero-order chi connectivity index (χ0) is 29.5. The van der Waals surface area contributed by atoms with Crippen LogP contribution in [-0.2, 0) is 16.4 Å². The molecule has 0 bridgehead atoms. The number of benzene rings is 1. The van der Waals surface area contributed by atoms with Crippen molar-refractivity contribution in [3.05, 3.63) is 53.6 Å². The van der Waals surface area contributed by atoms with Gasteiger partial charge in [0, 0.05) is 61.0 Å². The first-order chi connectivity index (χ1) is 19.4. The molecule has 10 nitrogen and oxygen atoms in total. The predicted octanol–water partition coefficient (Wildman–Crippen LogP) is 4.84. The highest BCUT2D eigenvalue weighted by Crippen LogP contribution is 2.39. The number of halogens is 1. The molecule has 218 valence electrons. The fourth-order valence-electron chi connectivity index (χ4n) is 5.31. The van der Waals surface area contributed by atoms with Gasteiger partial charge in [-0.25, -0.2) is 23.4 Å². The Morgan fingerprint density at radius 2 is 1.93 bits per heavy atom. The summed E-state index contributed by atoms with van der Waals surface area (Å²) < 4.78 is 25.5. The Morgan fingerprint density at radius 3 is 2.61 bits per heavy atom. The molecule has 0 saturated carbocycles. The van der Waals surface area contributed by atoms with Gasteiger partial charge in [-0.1, -0.05) is 31.5 Å². The van der Waals surface area contributed by atoms with Gasteiger partial charge in [0.15, 0.2) is 11.0 Å². The molecule has 5 rings (SSSR count). The Labute approximate surface area is 246 Å². The molecule has 1 fully saturated rings. The average Bonchev–Trinajstić information content (AvgIpc) is 3.29. The van der Waals surface area contributed by atoms with Crippen molar-refractivity contribution in [2.75, 3.05) is 49.4 Å². The molecule has 0 aliphatic carbocycles. The second kappa shape index (κ2) is 11.5. The van der Waals surface area contributed by atoms with Gasteiger partial charge in [0.05, 0.1) is 17.9 Å². The lowest BCUT2D eigenvalue weighted by atomic mass is 9.88. The monoisotopic (exact) mass is 596 g/mol. The normalized spacial score (nSPS) is 17.4. The van der Waals surface area contributed by atoms with Gasteiger partial charge in [-0.05, 0) is 56.1 Å². The Bertz CT molecular complexity index is 1670. The van der Waals surface area contributed by atoms with E-state index in [9.17, 15) is 8.42 Å². The van der Waals surface area contributed by atoms with Crippen LogP contribution in [0.4, 0.5) is 17.3 Å². The highest BCUT2D eigenvalue weighted by Gasteiger charge is 2.38. The van der Waals surface area contributed by atoms with Gasteiger partial charge in [0.1, 0.15) is 21.5 Å². The number of anilines is 3. The van der Waals surface area contributed by atoms with Crippen molar-refractivity contribution in [3.63, 3.8) is 0 Å². The van der Waals surface area contributed by atoms with Crippen molar-refractivity contribution in [1.29, 1.82) is 0 Å². The van der Waals surface area contributed by atoms with Gasteiger partial charge in [-0.2, -0.15) is 5.10 Å². The van der Waals surface area contributed by atoms with E-state index >= 15 is 0 Å². The van der Waals surface area contributed by atoms with Gasteiger partial charge in [-0.15, -0.1) is 0 Å². The molecule has 3 aromatic heterocycles. The minimum atomic E-state index is -3.02. The second-order valence-corrected chi connectivity index (χ2v) is 14.0. The number of likely N-dealkylation sites (N-methyl/N-ethyl adjacent to an activating group) is 1. The molecule has 0 radical (unpaired) electrons. The third-order valence-corrected chi connectivity index (χ3v) is 8.92. The van der Waals surface area contributed by atoms with E-state index < -0.39 is 9.84 Å². The molecule has 1 aliphatic rings. The van der Waals surface area contributed by atoms with Crippen molar-refractivity contribution in [2.24, 2.45) is 5.92 Å². The van der Waals surface area contributed by atoms with Gasteiger partial charge in [0.2, 0.25) is 0 Å². The number of nitrogens with one attached hydrogen (secondary N) is 1. The maximum absolute atomic E-state index is 11.9. The predicted molar refractivity (Wildman–Crippen MR) is 166 cm³/mol. The van der Waals surface area contributed by atoms with E-state index in [1.165, 1.54) is 11.8 Å². The third-order valence-electron chi connectivity index (χ3n) is 7.61. The zero-order valence-corrected chi connectivity index (χ0v) is 25.9. The molecule has 4 aromatic rings. The van der Waals surface area contributed by atoms with Gasteiger partial charge in [-0.3, -0.25) is 4.68 Å². The molecule has 1 aromatic carbocycles. The van der Waals surface area contributed by atoms with Crippen LogP contribution in [0.5, 0.6) is 0 Å². The molecule has 1 saturated heterocycles. The highest BCUT2D eigenvalue weighted by atomic mass is 35.5. The summed E-state index contributed by atoms with van der Waals surface area (Å²) in [6.45, 7) is 8.70.